The van der Waals surface area contributed by atoms with Crippen molar-refractivity contribution in [3.63, 3.8) is 0 Å². The topological polar surface area (TPSA) is 60.0 Å². The molecule has 0 fully saturated rings. The van der Waals surface area contributed by atoms with E-state index >= 15 is 0 Å². The van der Waals surface area contributed by atoms with Gasteiger partial charge in [0.15, 0.2) is 23.0 Å². The first-order chi connectivity index (χ1) is 11.3. The summed E-state index contributed by atoms with van der Waals surface area (Å²) in [6.45, 7) is 1.18. The monoisotopic (exact) mass is 311 g/mol. The van der Waals surface area contributed by atoms with E-state index in [-0.39, 0.29) is 18.6 Å². The van der Waals surface area contributed by atoms with Crippen molar-refractivity contribution in [3.8, 4) is 34.1 Å². The molecule has 2 heterocycles. The number of hydrogen-bond acceptors (Lipinski definition) is 5. The summed E-state index contributed by atoms with van der Waals surface area (Å²) in [5.74, 6) is 2.17. The number of fused-ring (bicyclic) bond motifs is 4. The molecule has 0 spiro atoms. The summed E-state index contributed by atoms with van der Waals surface area (Å²) >= 11 is 0. The molecule has 118 valence electrons. The van der Waals surface area contributed by atoms with Gasteiger partial charge in [0.25, 0.3) is 0 Å². The lowest BCUT2D eigenvalue weighted by molar-refractivity contribution is 0.174. The second-order valence-corrected chi connectivity index (χ2v) is 6.17. The molecule has 5 nitrogen and oxygen atoms in total. The zero-order valence-corrected chi connectivity index (χ0v) is 12.8. The van der Waals surface area contributed by atoms with E-state index in [1.54, 1.807) is 7.11 Å². The van der Waals surface area contributed by atoms with Crippen LogP contribution in [-0.4, -0.2) is 25.6 Å². The molecule has 0 saturated carbocycles. The molecule has 5 rings (SSSR count). The van der Waals surface area contributed by atoms with Crippen LogP contribution in [0.3, 0.4) is 0 Å². The minimum atomic E-state index is 0.181. The van der Waals surface area contributed by atoms with Crippen molar-refractivity contribution < 1.29 is 19.3 Å². The lowest BCUT2D eigenvalue weighted by atomic mass is 9.77. The van der Waals surface area contributed by atoms with Crippen LogP contribution in [0.15, 0.2) is 18.2 Å². The van der Waals surface area contributed by atoms with Gasteiger partial charge in [-0.3, -0.25) is 0 Å². The van der Waals surface area contributed by atoms with Gasteiger partial charge in [-0.2, -0.15) is 0 Å². The van der Waals surface area contributed by atoms with Gasteiger partial charge in [-0.1, -0.05) is 6.07 Å². The number of nitrogens with one attached hydrogen (secondary N) is 1. The molecule has 1 aliphatic carbocycles. The maximum absolute atomic E-state index is 10.7. The number of phenols is 1. The van der Waals surface area contributed by atoms with Gasteiger partial charge in [-0.05, 0) is 48.2 Å². The summed E-state index contributed by atoms with van der Waals surface area (Å²) in [5, 5.41) is 14.3. The molecule has 0 bridgehead atoms. The first-order valence-corrected chi connectivity index (χ1v) is 7.86. The maximum atomic E-state index is 10.7. The van der Waals surface area contributed by atoms with Crippen molar-refractivity contribution in [2.24, 2.45) is 0 Å². The summed E-state index contributed by atoms with van der Waals surface area (Å²) in [6.07, 6.45) is 1.81. The molecule has 0 aromatic heterocycles. The number of ether oxygens (including phenoxy) is 3. The molecule has 3 aliphatic rings. The van der Waals surface area contributed by atoms with E-state index in [1.807, 2.05) is 12.1 Å². The Labute approximate surface area is 133 Å². The highest BCUT2D eigenvalue weighted by atomic mass is 16.7. The third-order valence-corrected chi connectivity index (χ3v) is 5.04. The summed E-state index contributed by atoms with van der Waals surface area (Å²) in [5.41, 5.74) is 5.40. The second-order valence-electron chi connectivity index (χ2n) is 6.17. The van der Waals surface area contributed by atoms with E-state index in [2.05, 4.69) is 11.4 Å². The number of methoxy groups -OCH3 is 1. The van der Waals surface area contributed by atoms with Crippen molar-refractivity contribution in [1.29, 1.82) is 0 Å². The van der Waals surface area contributed by atoms with Gasteiger partial charge in [0, 0.05) is 17.2 Å². The molecule has 2 aromatic carbocycles. The highest BCUT2D eigenvalue weighted by Crippen LogP contribution is 2.55. The molecule has 0 radical (unpaired) electrons. The first-order valence-electron chi connectivity index (χ1n) is 7.86. The van der Waals surface area contributed by atoms with Crippen LogP contribution in [0.5, 0.6) is 23.0 Å². The zero-order valence-electron chi connectivity index (χ0n) is 12.8. The van der Waals surface area contributed by atoms with Crippen LogP contribution < -0.4 is 19.5 Å². The highest BCUT2D eigenvalue weighted by molar-refractivity contribution is 5.88. The van der Waals surface area contributed by atoms with Crippen LogP contribution in [0.1, 0.15) is 22.7 Å². The van der Waals surface area contributed by atoms with Crippen LogP contribution in [-0.2, 0) is 12.8 Å². The van der Waals surface area contributed by atoms with Crippen LogP contribution in [0, 0.1) is 0 Å². The second kappa shape index (κ2) is 4.55. The molecule has 0 amide bonds. The SMILES string of the molecule is COc1ccc2c(c1O)-c1c3c(cc4c1[C@H](C2)NCC4)OCO3. The summed E-state index contributed by atoms with van der Waals surface area (Å²) in [6, 6.07) is 6.20. The minimum Gasteiger partial charge on any atom is -0.504 e. The van der Waals surface area contributed by atoms with Crippen molar-refractivity contribution in [2.75, 3.05) is 20.4 Å². The van der Waals surface area contributed by atoms with E-state index in [0.29, 0.717) is 5.75 Å². The molecular weight excluding hydrogens is 294 g/mol. The Kier molecular flexibility index (Phi) is 2.59. The Hall–Kier alpha value is -2.40. The van der Waals surface area contributed by atoms with E-state index in [9.17, 15) is 5.11 Å². The van der Waals surface area contributed by atoms with Gasteiger partial charge in [-0.25, -0.2) is 0 Å². The molecule has 5 heteroatoms. The average Bonchev–Trinajstić information content (AvgIpc) is 3.03. The normalized spacial score (nSPS) is 20.0. The maximum Gasteiger partial charge on any atom is 0.231 e. The van der Waals surface area contributed by atoms with Crippen molar-refractivity contribution >= 4 is 0 Å². The third kappa shape index (κ3) is 1.65. The van der Waals surface area contributed by atoms with Crippen LogP contribution >= 0.6 is 0 Å². The number of benzene rings is 2. The molecule has 2 aliphatic heterocycles. The van der Waals surface area contributed by atoms with Gasteiger partial charge in [0.2, 0.25) is 6.79 Å². The van der Waals surface area contributed by atoms with Crippen molar-refractivity contribution in [1.82, 2.24) is 5.32 Å². The van der Waals surface area contributed by atoms with Crippen LogP contribution in [0.4, 0.5) is 0 Å². The third-order valence-electron chi connectivity index (χ3n) is 5.04. The molecule has 0 saturated heterocycles. The lowest BCUT2D eigenvalue weighted by Crippen LogP contribution is -2.33. The van der Waals surface area contributed by atoms with Gasteiger partial charge in [0.05, 0.1) is 7.11 Å². The standard InChI is InChI=1S/C18H17NO4/c1-21-12-3-2-9-6-11-14-10(4-5-19-11)7-13-18(23-8-22-13)16(14)15(9)17(12)20/h2-3,7,11,19-20H,4-6,8H2,1H3/t11-/m0/s1. The minimum absolute atomic E-state index is 0.181. The fraction of sp³-hybridized carbons (Fsp3) is 0.333. The number of aromatic hydroxyl groups is 1. The lowest BCUT2D eigenvalue weighted by Gasteiger charge is -2.35. The Morgan fingerprint density at radius 2 is 2.13 bits per heavy atom. The molecule has 1 atom stereocenters. The van der Waals surface area contributed by atoms with E-state index in [0.717, 1.165) is 47.6 Å². The Balaban J connectivity index is 1.89. The van der Waals surface area contributed by atoms with Crippen LogP contribution in [0.25, 0.3) is 11.1 Å². The molecule has 0 unspecified atom stereocenters. The molecule has 2 N–H and O–H groups in total. The van der Waals surface area contributed by atoms with E-state index < -0.39 is 0 Å². The van der Waals surface area contributed by atoms with Crippen LogP contribution in [0.2, 0.25) is 0 Å². The fourth-order valence-electron chi connectivity index (χ4n) is 4.07. The van der Waals surface area contributed by atoms with Gasteiger partial charge in [0.1, 0.15) is 0 Å². The average molecular weight is 311 g/mol. The van der Waals surface area contributed by atoms with Gasteiger partial charge >= 0.3 is 0 Å². The summed E-state index contributed by atoms with van der Waals surface area (Å²) in [7, 11) is 1.57. The summed E-state index contributed by atoms with van der Waals surface area (Å²) < 4.78 is 16.7. The predicted octanol–water partition coefficient (Wildman–Crippen LogP) is 2.54. The molecule has 2 aromatic rings. The number of rotatable bonds is 1. The molecule has 23 heavy (non-hydrogen) atoms. The largest absolute Gasteiger partial charge is 0.504 e. The van der Waals surface area contributed by atoms with Crippen molar-refractivity contribution in [2.45, 2.75) is 18.9 Å². The summed E-state index contributed by atoms with van der Waals surface area (Å²) in [4.78, 5) is 0. The Morgan fingerprint density at radius 1 is 1.22 bits per heavy atom. The number of hydrogen-bond donors (Lipinski definition) is 2. The molecular formula is C18H17NO4. The fourth-order valence-corrected chi connectivity index (χ4v) is 4.07. The quantitative estimate of drug-likeness (QED) is 0.847. The van der Waals surface area contributed by atoms with E-state index in [1.165, 1.54) is 11.1 Å². The zero-order chi connectivity index (χ0) is 15.6. The number of phenolic OH excluding ortho intramolecular Hbond substituents is 1. The van der Waals surface area contributed by atoms with Gasteiger partial charge < -0.3 is 24.6 Å². The van der Waals surface area contributed by atoms with Crippen molar-refractivity contribution in [3.05, 3.63) is 34.9 Å². The Morgan fingerprint density at radius 3 is 3.00 bits per heavy atom. The van der Waals surface area contributed by atoms with Gasteiger partial charge in [-0.15, -0.1) is 0 Å². The first kappa shape index (κ1) is 13.1. The Bertz CT molecular complexity index is 831. The predicted molar refractivity (Wildman–Crippen MR) is 84.4 cm³/mol. The highest BCUT2D eigenvalue weighted by Gasteiger charge is 2.37. The smallest absolute Gasteiger partial charge is 0.231 e. The van der Waals surface area contributed by atoms with E-state index in [4.69, 9.17) is 14.2 Å².